The Kier molecular flexibility index (Phi) is 7.87. The fourth-order valence-corrected chi connectivity index (χ4v) is 4.62. The van der Waals surface area contributed by atoms with E-state index in [9.17, 15) is 4.79 Å². The predicted molar refractivity (Wildman–Crippen MR) is 143 cm³/mol. The van der Waals surface area contributed by atoms with Gasteiger partial charge in [0.25, 0.3) is 5.91 Å². The van der Waals surface area contributed by atoms with Gasteiger partial charge in [-0.05, 0) is 72.9 Å². The lowest BCUT2D eigenvalue weighted by atomic mass is 10.1. The average Bonchev–Trinajstić information content (AvgIpc) is 3.34. The fraction of sp³-hybridized carbons (Fsp3) is 0.259. The molecule has 0 saturated heterocycles. The third kappa shape index (κ3) is 5.98. The van der Waals surface area contributed by atoms with Crippen LogP contribution in [0.3, 0.4) is 0 Å². The van der Waals surface area contributed by atoms with Gasteiger partial charge in [-0.15, -0.1) is 0 Å². The lowest BCUT2D eigenvalue weighted by Gasteiger charge is -2.19. The minimum atomic E-state index is -0.113. The van der Waals surface area contributed by atoms with Crippen LogP contribution in [0.5, 0.6) is 0 Å². The SMILES string of the molecule is CCN(CC)Cc1ccc(C(=O)Nc2ccc(C)c(NC3NC(c4cccnc4)=CS3)c2)cc1. The summed E-state index contributed by atoms with van der Waals surface area (Å²) in [5.41, 5.74) is 6.79. The van der Waals surface area contributed by atoms with Crippen LogP contribution in [-0.2, 0) is 6.54 Å². The third-order valence-corrected chi connectivity index (χ3v) is 6.76. The van der Waals surface area contributed by atoms with Crippen molar-refractivity contribution in [1.29, 1.82) is 0 Å². The van der Waals surface area contributed by atoms with Crippen molar-refractivity contribution in [2.45, 2.75) is 32.8 Å². The molecule has 4 rings (SSSR count). The van der Waals surface area contributed by atoms with Crippen LogP contribution in [0.4, 0.5) is 11.4 Å². The van der Waals surface area contributed by atoms with Crippen LogP contribution < -0.4 is 16.0 Å². The monoisotopic (exact) mass is 473 g/mol. The molecule has 2 heterocycles. The molecule has 176 valence electrons. The second-order valence-electron chi connectivity index (χ2n) is 8.22. The van der Waals surface area contributed by atoms with E-state index in [1.807, 2.05) is 60.8 Å². The summed E-state index contributed by atoms with van der Waals surface area (Å²) in [6, 6.07) is 17.7. The Balaban J connectivity index is 1.37. The highest BCUT2D eigenvalue weighted by Gasteiger charge is 2.18. The van der Waals surface area contributed by atoms with Crippen molar-refractivity contribution in [3.8, 4) is 0 Å². The molecule has 1 atom stereocenters. The van der Waals surface area contributed by atoms with Gasteiger partial charge in [-0.3, -0.25) is 14.7 Å². The second-order valence-corrected chi connectivity index (χ2v) is 9.20. The molecule has 0 spiro atoms. The van der Waals surface area contributed by atoms with Crippen LogP contribution >= 0.6 is 11.8 Å². The smallest absolute Gasteiger partial charge is 0.255 e. The normalized spacial score (nSPS) is 15.1. The molecule has 1 unspecified atom stereocenters. The van der Waals surface area contributed by atoms with Crippen LogP contribution in [0, 0.1) is 6.92 Å². The Bertz CT molecular complexity index is 1140. The molecule has 2 aromatic carbocycles. The minimum absolute atomic E-state index is 0.00166. The Hall–Kier alpha value is -3.29. The largest absolute Gasteiger partial charge is 0.356 e. The number of carbonyl (C=O) groups excluding carboxylic acids is 1. The first-order valence-electron chi connectivity index (χ1n) is 11.6. The van der Waals surface area contributed by atoms with Crippen LogP contribution in [-0.4, -0.2) is 34.4 Å². The molecule has 0 aliphatic carbocycles. The summed E-state index contributed by atoms with van der Waals surface area (Å²) in [6.45, 7) is 9.29. The average molecular weight is 474 g/mol. The topological polar surface area (TPSA) is 69.3 Å². The van der Waals surface area contributed by atoms with E-state index in [4.69, 9.17) is 0 Å². The first-order chi connectivity index (χ1) is 16.6. The zero-order valence-electron chi connectivity index (χ0n) is 19.8. The van der Waals surface area contributed by atoms with E-state index < -0.39 is 0 Å². The van der Waals surface area contributed by atoms with Gasteiger partial charge in [-0.25, -0.2) is 0 Å². The molecular weight excluding hydrogens is 442 g/mol. The number of hydrogen-bond donors (Lipinski definition) is 3. The van der Waals surface area contributed by atoms with Gasteiger partial charge in [0.1, 0.15) is 5.50 Å². The van der Waals surface area contributed by atoms with Crippen LogP contribution in [0.1, 0.15) is 40.9 Å². The first-order valence-corrected chi connectivity index (χ1v) is 12.5. The van der Waals surface area contributed by atoms with E-state index in [1.54, 1.807) is 18.0 Å². The van der Waals surface area contributed by atoms with Gasteiger partial charge < -0.3 is 16.0 Å². The highest BCUT2D eigenvalue weighted by molar-refractivity contribution is 8.03. The lowest BCUT2D eigenvalue weighted by molar-refractivity contribution is 0.102. The van der Waals surface area contributed by atoms with E-state index in [-0.39, 0.29) is 11.4 Å². The van der Waals surface area contributed by atoms with Crippen LogP contribution in [0.15, 0.2) is 72.4 Å². The standard InChI is InChI=1S/C27H31N5OS/c1-4-32(5-2)17-20-9-11-21(12-10-20)26(33)29-23-13-8-19(3)24(15-23)30-27-31-25(18-34-27)22-7-6-14-28-16-22/h6-16,18,27,30-31H,4-5,17H2,1-3H3,(H,29,33). The number of benzene rings is 2. The summed E-state index contributed by atoms with van der Waals surface area (Å²) in [5, 5.41) is 12.1. The molecule has 1 aromatic heterocycles. The maximum Gasteiger partial charge on any atom is 0.255 e. The third-order valence-electron chi connectivity index (χ3n) is 5.88. The van der Waals surface area contributed by atoms with Gasteiger partial charge in [0.2, 0.25) is 0 Å². The number of carbonyl (C=O) groups is 1. The van der Waals surface area contributed by atoms with Crippen molar-refractivity contribution in [1.82, 2.24) is 15.2 Å². The van der Waals surface area contributed by atoms with Crippen molar-refractivity contribution < 1.29 is 4.79 Å². The summed E-state index contributed by atoms with van der Waals surface area (Å²) in [6.07, 6.45) is 3.62. The second kappa shape index (κ2) is 11.2. The molecule has 34 heavy (non-hydrogen) atoms. The number of aromatic nitrogens is 1. The van der Waals surface area contributed by atoms with Crippen LogP contribution in [0.25, 0.3) is 5.70 Å². The Morgan fingerprint density at radius 1 is 1.12 bits per heavy atom. The molecule has 0 bridgehead atoms. The predicted octanol–water partition coefficient (Wildman–Crippen LogP) is 5.51. The molecule has 1 aliphatic heterocycles. The quantitative estimate of drug-likeness (QED) is 0.380. The van der Waals surface area contributed by atoms with Gasteiger partial charge in [0, 0.05) is 41.4 Å². The number of anilines is 2. The van der Waals surface area contributed by atoms with Gasteiger partial charge in [0.15, 0.2) is 0 Å². The number of rotatable bonds is 9. The molecule has 0 radical (unpaired) electrons. The minimum Gasteiger partial charge on any atom is -0.356 e. The summed E-state index contributed by atoms with van der Waals surface area (Å²) in [4.78, 5) is 19.4. The maximum atomic E-state index is 12.8. The van der Waals surface area contributed by atoms with E-state index in [0.29, 0.717) is 5.56 Å². The summed E-state index contributed by atoms with van der Waals surface area (Å²) in [7, 11) is 0. The number of aryl methyl sites for hydroxylation is 1. The molecule has 7 heteroatoms. The summed E-state index contributed by atoms with van der Waals surface area (Å²) < 4.78 is 0. The Morgan fingerprint density at radius 3 is 2.62 bits per heavy atom. The Labute approximate surface area is 205 Å². The number of hydrogen-bond acceptors (Lipinski definition) is 6. The molecule has 3 aromatic rings. The molecule has 0 saturated carbocycles. The molecular formula is C27H31N5OS. The number of thioether (sulfide) groups is 1. The summed E-state index contributed by atoms with van der Waals surface area (Å²) >= 11 is 1.67. The zero-order valence-corrected chi connectivity index (χ0v) is 20.7. The number of amides is 1. The van der Waals surface area contributed by atoms with E-state index in [2.05, 4.69) is 52.0 Å². The van der Waals surface area contributed by atoms with Gasteiger partial charge >= 0.3 is 0 Å². The lowest BCUT2D eigenvalue weighted by Crippen LogP contribution is -2.28. The van der Waals surface area contributed by atoms with Crippen molar-refractivity contribution in [2.24, 2.45) is 0 Å². The van der Waals surface area contributed by atoms with Crippen molar-refractivity contribution in [3.05, 3.63) is 94.7 Å². The van der Waals surface area contributed by atoms with Crippen molar-refractivity contribution in [3.63, 3.8) is 0 Å². The number of nitrogens with one attached hydrogen (secondary N) is 3. The number of pyridine rings is 1. The van der Waals surface area contributed by atoms with Crippen LogP contribution in [0.2, 0.25) is 0 Å². The summed E-state index contributed by atoms with van der Waals surface area (Å²) in [5.74, 6) is -0.113. The molecule has 1 amide bonds. The molecule has 3 N–H and O–H groups in total. The molecule has 1 aliphatic rings. The zero-order chi connectivity index (χ0) is 23.9. The van der Waals surface area contributed by atoms with E-state index in [0.717, 1.165) is 47.8 Å². The van der Waals surface area contributed by atoms with E-state index in [1.165, 1.54) is 5.56 Å². The molecule has 0 fully saturated rings. The highest BCUT2D eigenvalue weighted by atomic mass is 32.2. The van der Waals surface area contributed by atoms with Crippen molar-refractivity contribution >= 4 is 34.7 Å². The van der Waals surface area contributed by atoms with Gasteiger partial charge in [0.05, 0.1) is 5.70 Å². The van der Waals surface area contributed by atoms with Gasteiger partial charge in [-0.2, -0.15) is 0 Å². The fourth-order valence-electron chi connectivity index (χ4n) is 3.76. The van der Waals surface area contributed by atoms with Gasteiger partial charge in [-0.1, -0.05) is 43.8 Å². The maximum absolute atomic E-state index is 12.8. The number of nitrogens with zero attached hydrogens (tertiary/aromatic N) is 2. The first kappa shape index (κ1) is 23.9. The van der Waals surface area contributed by atoms with E-state index >= 15 is 0 Å². The van der Waals surface area contributed by atoms with Crippen molar-refractivity contribution in [2.75, 3.05) is 23.7 Å². The molecule has 6 nitrogen and oxygen atoms in total. The highest BCUT2D eigenvalue weighted by Crippen LogP contribution is 2.30. The Morgan fingerprint density at radius 2 is 1.91 bits per heavy atom.